The lowest BCUT2D eigenvalue weighted by atomic mass is 10.1. The number of hydrogen-bond donors (Lipinski definition) is 0. The number of halogens is 1. The summed E-state index contributed by atoms with van der Waals surface area (Å²) in [7, 11) is -4.12. The average molecular weight is 545 g/mol. The minimum absolute atomic E-state index is 0.0449. The minimum atomic E-state index is -4.12. The van der Waals surface area contributed by atoms with Crippen LogP contribution in [0, 0.1) is 0 Å². The quantitative estimate of drug-likeness (QED) is 0.275. The largest absolute Gasteiger partial charge is 0.483 e. The summed E-state index contributed by atoms with van der Waals surface area (Å²) in [4.78, 5) is 13.3. The fourth-order valence-electron chi connectivity index (χ4n) is 3.60. The average Bonchev–Trinajstić information content (AvgIpc) is 2.84. The maximum Gasteiger partial charge on any atom is 0.278 e. The zero-order chi connectivity index (χ0) is 24.6. The molecule has 0 unspecified atom stereocenters. The van der Waals surface area contributed by atoms with Crippen molar-refractivity contribution in [2.45, 2.75) is 50.8 Å². The molecule has 3 aromatic carbocycles. The van der Waals surface area contributed by atoms with E-state index >= 15 is 0 Å². The molecule has 0 saturated carbocycles. The van der Waals surface area contributed by atoms with Crippen LogP contribution in [0.3, 0.4) is 0 Å². The highest BCUT2D eigenvalue weighted by molar-refractivity contribution is 9.10. The molecule has 0 N–H and O–H groups in total. The Morgan fingerprint density at radius 2 is 1.56 bits per heavy atom. The number of carbonyl (C=O) groups is 1. The Morgan fingerprint density at radius 3 is 2.18 bits per heavy atom. The van der Waals surface area contributed by atoms with Crippen LogP contribution in [0.1, 0.15) is 44.2 Å². The fraction of sp³-hybridized carbons (Fsp3) is 0.296. The first kappa shape index (κ1) is 26.0. The van der Waals surface area contributed by atoms with E-state index in [0.717, 1.165) is 52.0 Å². The van der Waals surface area contributed by atoms with Crippen LogP contribution < -0.4 is 9.04 Å². The Kier molecular flexibility index (Phi) is 9.30. The number of rotatable bonds is 11. The Bertz CT molecular complexity index is 1200. The van der Waals surface area contributed by atoms with Gasteiger partial charge >= 0.3 is 0 Å². The van der Waals surface area contributed by atoms with Gasteiger partial charge in [0.25, 0.3) is 15.9 Å². The summed E-state index contributed by atoms with van der Waals surface area (Å²) in [5.74, 6) is -0.185. The van der Waals surface area contributed by atoms with E-state index in [0.29, 0.717) is 5.75 Å². The first-order valence-electron chi connectivity index (χ1n) is 11.5. The number of amides is 1. The number of hydrogen-bond acceptors (Lipinski definition) is 4. The van der Waals surface area contributed by atoms with E-state index in [1.165, 1.54) is 12.1 Å². The maximum atomic E-state index is 13.5. The highest BCUT2D eigenvalue weighted by Crippen LogP contribution is 2.28. The van der Waals surface area contributed by atoms with E-state index in [9.17, 15) is 13.2 Å². The molecule has 0 aliphatic rings. The molecule has 0 atom stereocenters. The van der Waals surface area contributed by atoms with Gasteiger partial charge in [-0.15, -0.1) is 0 Å². The minimum Gasteiger partial charge on any atom is -0.483 e. The van der Waals surface area contributed by atoms with E-state index in [1.807, 2.05) is 24.3 Å². The van der Waals surface area contributed by atoms with E-state index in [4.69, 9.17) is 4.74 Å². The molecule has 5 nitrogen and oxygen atoms in total. The normalized spacial score (nSPS) is 11.3. The van der Waals surface area contributed by atoms with Crippen LogP contribution in [0.4, 0.5) is 5.69 Å². The summed E-state index contributed by atoms with van der Waals surface area (Å²) in [5.41, 5.74) is 2.54. The van der Waals surface area contributed by atoms with Crippen LogP contribution in [0.15, 0.2) is 82.2 Å². The van der Waals surface area contributed by atoms with Crippen molar-refractivity contribution in [2.75, 3.05) is 10.9 Å². The zero-order valence-corrected chi connectivity index (χ0v) is 21.9. The topological polar surface area (TPSA) is 63.7 Å². The molecule has 0 bridgehead atoms. The molecular weight excluding hydrogens is 514 g/mol. The molecule has 0 aliphatic carbocycles. The van der Waals surface area contributed by atoms with Gasteiger partial charge in [0.2, 0.25) is 0 Å². The highest BCUT2D eigenvalue weighted by atomic mass is 79.9. The van der Waals surface area contributed by atoms with Crippen LogP contribution >= 0.6 is 15.9 Å². The van der Waals surface area contributed by atoms with Crippen molar-refractivity contribution < 1.29 is 17.9 Å². The Balaban J connectivity index is 1.88. The summed E-state index contributed by atoms with van der Waals surface area (Å²) < 4.78 is 34.2. The molecule has 34 heavy (non-hydrogen) atoms. The van der Waals surface area contributed by atoms with Crippen molar-refractivity contribution in [1.29, 1.82) is 0 Å². The lowest BCUT2D eigenvalue weighted by Gasteiger charge is -2.23. The predicted molar refractivity (Wildman–Crippen MR) is 140 cm³/mol. The van der Waals surface area contributed by atoms with Crippen molar-refractivity contribution >= 4 is 37.5 Å². The van der Waals surface area contributed by atoms with Gasteiger partial charge in [-0.1, -0.05) is 63.1 Å². The number of nitrogens with zero attached hydrogens (tertiary/aromatic N) is 1. The summed E-state index contributed by atoms with van der Waals surface area (Å²) in [6, 6.07) is 20.8. The van der Waals surface area contributed by atoms with Crippen LogP contribution in [0.25, 0.3) is 0 Å². The van der Waals surface area contributed by atoms with Crippen LogP contribution in [0.5, 0.6) is 5.75 Å². The van der Waals surface area contributed by atoms with Crippen molar-refractivity contribution in [3.63, 3.8) is 0 Å². The van der Waals surface area contributed by atoms with Gasteiger partial charge in [-0.25, -0.2) is 8.42 Å². The van der Waals surface area contributed by atoms with E-state index in [1.54, 1.807) is 36.4 Å². The summed E-state index contributed by atoms with van der Waals surface area (Å²) in [6.45, 7) is 3.81. The summed E-state index contributed by atoms with van der Waals surface area (Å²) in [5, 5.41) is 0. The second kappa shape index (κ2) is 12.2. The van der Waals surface area contributed by atoms with E-state index < -0.39 is 22.5 Å². The second-order valence-electron chi connectivity index (χ2n) is 8.05. The van der Waals surface area contributed by atoms with Gasteiger partial charge in [0, 0.05) is 0 Å². The first-order chi connectivity index (χ1) is 16.4. The Morgan fingerprint density at radius 1 is 0.882 bits per heavy atom. The van der Waals surface area contributed by atoms with Gasteiger partial charge in [0.05, 0.1) is 15.1 Å². The lowest BCUT2D eigenvalue weighted by Crippen LogP contribution is -2.40. The maximum absolute atomic E-state index is 13.5. The summed E-state index contributed by atoms with van der Waals surface area (Å²) >= 11 is 3.49. The first-order valence-corrected chi connectivity index (χ1v) is 13.7. The van der Waals surface area contributed by atoms with Crippen LogP contribution in [0.2, 0.25) is 0 Å². The number of ether oxygens (including phenoxy) is 1. The molecule has 1 amide bonds. The standard InChI is InChI=1S/C27H30BrNO4S/c1-3-5-10-21-13-16-23(17-14-21)29(34(31,32)24-11-7-6-8-12-24)27(30)20-33-26-18-15-22(9-4-2)19-25(26)28/h6-8,11-19H,3-5,9-10,20H2,1-2H3. The molecule has 0 heterocycles. The van der Waals surface area contributed by atoms with E-state index in [2.05, 4.69) is 29.8 Å². The van der Waals surface area contributed by atoms with E-state index in [-0.39, 0.29) is 10.6 Å². The molecule has 3 aromatic rings. The highest BCUT2D eigenvalue weighted by Gasteiger charge is 2.31. The molecule has 0 aromatic heterocycles. The molecule has 0 saturated heterocycles. The number of carbonyl (C=O) groups excluding carboxylic acids is 1. The van der Waals surface area contributed by atoms with Gasteiger partial charge in [-0.05, 0) is 82.7 Å². The monoisotopic (exact) mass is 543 g/mol. The van der Waals surface area contributed by atoms with Crippen molar-refractivity contribution in [1.82, 2.24) is 0 Å². The van der Waals surface area contributed by atoms with Crippen molar-refractivity contribution in [3.05, 3.63) is 88.4 Å². The summed E-state index contributed by atoms with van der Waals surface area (Å²) in [6.07, 6.45) is 4.98. The van der Waals surface area contributed by atoms with Crippen molar-refractivity contribution in [3.8, 4) is 5.75 Å². The Labute approximate surface area is 210 Å². The number of benzene rings is 3. The molecule has 0 fully saturated rings. The van der Waals surface area contributed by atoms with Crippen LogP contribution in [-0.4, -0.2) is 20.9 Å². The molecule has 180 valence electrons. The molecular formula is C27H30BrNO4S. The number of aryl methyl sites for hydroxylation is 2. The van der Waals surface area contributed by atoms with Crippen molar-refractivity contribution in [2.24, 2.45) is 0 Å². The lowest BCUT2D eigenvalue weighted by molar-refractivity contribution is -0.119. The smallest absolute Gasteiger partial charge is 0.278 e. The van der Waals surface area contributed by atoms with Gasteiger partial charge in [-0.3, -0.25) is 4.79 Å². The second-order valence-corrected chi connectivity index (χ2v) is 10.7. The third kappa shape index (κ3) is 6.48. The van der Waals surface area contributed by atoms with Gasteiger partial charge in [0.15, 0.2) is 6.61 Å². The molecule has 7 heteroatoms. The number of unbranched alkanes of at least 4 members (excludes halogenated alkanes) is 1. The molecule has 0 radical (unpaired) electrons. The number of sulfonamides is 1. The van der Waals surface area contributed by atoms with Crippen LogP contribution in [-0.2, 0) is 27.7 Å². The number of anilines is 1. The predicted octanol–water partition coefficient (Wildman–Crippen LogP) is 6.55. The fourth-order valence-corrected chi connectivity index (χ4v) is 5.57. The third-order valence-corrected chi connectivity index (χ3v) is 7.77. The molecule has 3 rings (SSSR count). The zero-order valence-electron chi connectivity index (χ0n) is 19.5. The van der Waals surface area contributed by atoms with Gasteiger partial charge in [-0.2, -0.15) is 4.31 Å². The Hall–Kier alpha value is -2.64. The SMILES string of the molecule is CCCCc1ccc(N(C(=O)COc2ccc(CCC)cc2Br)S(=O)(=O)c2ccccc2)cc1. The molecule has 0 spiro atoms. The molecule has 0 aliphatic heterocycles. The van der Waals surface area contributed by atoms with Gasteiger partial charge in [0.1, 0.15) is 5.75 Å². The van der Waals surface area contributed by atoms with Gasteiger partial charge < -0.3 is 4.74 Å². The third-order valence-electron chi connectivity index (χ3n) is 5.38.